The minimum Gasteiger partial charge on any atom is -1.00 e. The fourth-order valence-electron chi connectivity index (χ4n) is 0.334. The summed E-state index contributed by atoms with van der Waals surface area (Å²) in [7, 11) is -4.19. The third-order valence-electron chi connectivity index (χ3n) is 0.978. The molecule has 0 aliphatic carbocycles. The molecule has 66 valence electrons. The molecule has 0 aliphatic heterocycles. The van der Waals surface area contributed by atoms with Crippen molar-refractivity contribution in [1.29, 1.82) is 0 Å². The van der Waals surface area contributed by atoms with Gasteiger partial charge in [-0.15, -0.1) is 0 Å². The van der Waals surface area contributed by atoms with Gasteiger partial charge in [-0.3, -0.25) is 9.35 Å². The van der Waals surface area contributed by atoms with E-state index in [9.17, 15) is 13.2 Å². The van der Waals surface area contributed by atoms with Crippen molar-refractivity contribution in [2.24, 2.45) is 0 Å². The zero-order chi connectivity index (χ0) is 9.07. The average molecular weight is 203 g/mol. The Morgan fingerprint density at radius 1 is 1.75 bits per heavy atom. The van der Waals surface area contributed by atoms with Crippen molar-refractivity contribution in [3.05, 3.63) is 12.7 Å². The summed E-state index contributed by atoms with van der Waals surface area (Å²) in [5, 5.41) is 0.676. The summed E-state index contributed by atoms with van der Waals surface area (Å²) in [5.74, 6) is -0.643. The monoisotopic (exact) mass is 203 g/mol. The Labute approximate surface area is 94.7 Å². The molecule has 7 heteroatoms. The Hall–Kier alpha value is 0.120. The molecule has 2 N–H and O–H groups in total. The molecule has 12 heavy (non-hydrogen) atoms. The van der Waals surface area contributed by atoms with Crippen LogP contribution < -0.4 is 34.9 Å². The van der Waals surface area contributed by atoms with Crippen molar-refractivity contribution in [3.63, 3.8) is 0 Å². The van der Waals surface area contributed by atoms with Crippen LogP contribution in [0, 0.1) is 0 Å². The van der Waals surface area contributed by atoms with E-state index in [1.807, 2.05) is 5.32 Å². The number of hydrogen-bond acceptors (Lipinski definition) is 3. The smallest absolute Gasteiger partial charge is 1.00 e. The summed E-state index contributed by atoms with van der Waals surface area (Å²) < 4.78 is 28.9. The van der Waals surface area contributed by atoms with Crippen molar-refractivity contribution in [2.45, 2.75) is 12.3 Å². The van der Waals surface area contributed by atoms with Gasteiger partial charge in [-0.1, -0.05) is 6.58 Å². The molecule has 0 saturated carbocycles. The standard InChI is InChI=1S/C5H9NO4S.Na.H/c1-3-5(7)6-4(2)11(8,9)10;;/h3-4H,1H2,2H3,(H,6,7)(H,8,9,10);;/q;+1;-1. The molecule has 0 bridgehead atoms. The van der Waals surface area contributed by atoms with E-state index in [1.165, 1.54) is 0 Å². The van der Waals surface area contributed by atoms with Crippen molar-refractivity contribution < 1.29 is 48.7 Å². The Bertz CT molecular complexity index is 266. The van der Waals surface area contributed by atoms with E-state index in [4.69, 9.17) is 4.55 Å². The zero-order valence-corrected chi connectivity index (χ0v) is 9.76. The maximum Gasteiger partial charge on any atom is 1.00 e. The molecular formula is C5H10NNaO4S. The fraction of sp³-hybridized carbons (Fsp3) is 0.400. The quantitative estimate of drug-likeness (QED) is 0.285. The third-order valence-corrected chi connectivity index (χ3v) is 1.99. The fourth-order valence-corrected chi connectivity index (χ4v) is 0.599. The van der Waals surface area contributed by atoms with Crippen LogP contribution in [0.1, 0.15) is 8.35 Å². The van der Waals surface area contributed by atoms with E-state index >= 15 is 0 Å². The molecule has 1 unspecified atom stereocenters. The van der Waals surface area contributed by atoms with Gasteiger partial charge in [0, 0.05) is 0 Å². The summed E-state index contributed by atoms with van der Waals surface area (Å²) in [4.78, 5) is 10.5. The summed E-state index contributed by atoms with van der Waals surface area (Å²) in [6, 6.07) is 0. The number of amides is 1. The molecule has 0 spiro atoms. The molecule has 0 radical (unpaired) electrons. The third kappa shape index (κ3) is 5.73. The topological polar surface area (TPSA) is 83.5 Å². The molecule has 1 amide bonds. The molecular weight excluding hydrogens is 193 g/mol. The van der Waals surface area contributed by atoms with Crippen LogP contribution in [0.3, 0.4) is 0 Å². The van der Waals surface area contributed by atoms with Gasteiger partial charge in [-0.2, -0.15) is 8.42 Å². The predicted molar refractivity (Wildman–Crippen MR) is 40.5 cm³/mol. The first-order chi connectivity index (χ1) is 4.88. The van der Waals surface area contributed by atoms with Crippen LogP contribution in [-0.2, 0) is 14.9 Å². The largest absolute Gasteiger partial charge is 1.00 e. The number of rotatable bonds is 3. The van der Waals surface area contributed by atoms with E-state index in [0.29, 0.717) is 0 Å². The van der Waals surface area contributed by atoms with Gasteiger partial charge in [-0.25, -0.2) is 0 Å². The van der Waals surface area contributed by atoms with Crippen LogP contribution in [0.4, 0.5) is 0 Å². The van der Waals surface area contributed by atoms with Crippen molar-refractivity contribution in [3.8, 4) is 0 Å². The van der Waals surface area contributed by atoms with Crippen molar-refractivity contribution >= 4 is 16.0 Å². The average Bonchev–Trinajstić information content (AvgIpc) is 1.85. The normalized spacial score (nSPS) is 12.5. The second-order valence-electron chi connectivity index (χ2n) is 1.87. The van der Waals surface area contributed by atoms with E-state index in [-0.39, 0.29) is 31.0 Å². The molecule has 5 nitrogen and oxygen atoms in total. The van der Waals surface area contributed by atoms with Crippen molar-refractivity contribution in [1.82, 2.24) is 5.32 Å². The van der Waals surface area contributed by atoms with Gasteiger partial charge in [0.05, 0.1) is 0 Å². The maximum atomic E-state index is 10.5. The summed E-state index contributed by atoms with van der Waals surface area (Å²) in [6.45, 7) is 4.26. The van der Waals surface area contributed by atoms with Crippen molar-refractivity contribution in [2.75, 3.05) is 0 Å². The Morgan fingerprint density at radius 3 is 2.42 bits per heavy atom. The second-order valence-corrected chi connectivity index (χ2v) is 3.61. The maximum absolute atomic E-state index is 10.5. The first-order valence-corrected chi connectivity index (χ1v) is 4.27. The van der Waals surface area contributed by atoms with Gasteiger partial charge in [0.15, 0.2) is 5.37 Å². The molecule has 0 fully saturated rings. The first kappa shape index (κ1) is 14.6. The van der Waals surface area contributed by atoms with Gasteiger partial charge in [0.25, 0.3) is 10.1 Å². The summed E-state index contributed by atoms with van der Waals surface area (Å²) in [5.41, 5.74) is 0. The van der Waals surface area contributed by atoms with Crippen LogP contribution in [0.25, 0.3) is 0 Å². The van der Waals surface area contributed by atoms with Gasteiger partial charge in [0.2, 0.25) is 5.91 Å². The van der Waals surface area contributed by atoms with Crippen LogP contribution in [0.15, 0.2) is 12.7 Å². The number of carbonyl (C=O) groups excluding carboxylic acids is 1. The molecule has 0 heterocycles. The molecule has 1 atom stereocenters. The van der Waals surface area contributed by atoms with Gasteiger partial charge < -0.3 is 6.74 Å². The Morgan fingerprint density at radius 2 is 2.17 bits per heavy atom. The first-order valence-electron chi connectivity index (χ1n) is 2.77. The minimum absolute atomic E-state index is 0. The Balaban J connectivity index is -0.000000500. The van der Waals surface area contributed by atoms with E-state index in [1.54, 1.807) is 0 Å². The zero-order valence-electron chi connectivity index (χ0n) is 7.94. The Kier molecular flexibility index (Phi) is 6.97. The van der Waals surface area contributed by atoms with Crippen LogP contribution >= 0.6 is 0 Å². The van der Waals surface area contributed by atoms with E-state index in [2.05, 4.69) is 6.58 Å². The molecule has 0 aromatic carbocycles. The molecule has 0 saturated heterocycles. The molecule has 0 aromatic rings. The number of carbonyl (C=O) groups is 1. The predicted octanol–water partition coefficient (Wildman–Crippen LogP) is -3.36. The number of hydrogen-bond donors (Lipinski definition) is 2. The SMILES string of the molecule is C=CC(=O)NC(C)S(=O)(=O)O.[H-].[Na+]. The van der Waals surface area contributed by atoms with E-state index in [0.717, 1.165) is 13.0 Å². The minimum atomic E-state index is -4.19. The second kappa shape index (κ2) is 5.71. The van der Waals surface area contributed by atoms with Gasteiger partial charge >= 0.3 is 29.6 Å². The summed E-state index contributed by atoms with van der Waals surface area (Å²) >= 11 is 0. The van der Waals surface area contributed by atoms with Gasteiger partial charge in [-0.05, 0) is 13.0 Å². The van der Waals surface area contributed by atoms with E-state index < -0.39 is 21.4 Å². The molecule has 0 aliphatic rings. The molecule has 0 aromatic heterocycles. The summed E-state index contributed by atoms with van der Waals surface area (Å²) in [6.07, 6.45) is 0.918. The van der Waals surface area contributed by atoms with Crippen LogP contribution in [-0.4, -0.2) is 24.3 Å². The number of nitrogens with one attached hydrogen (secondary N) is 1. The van der Waals surface area contributed by atoms with Gasteiger partial charge in [0.1, 0.15) is 0 Å². The van der Waals surface area contributed by atoms with Crippen LogP contribution in [0.5, 0.6) is 0 Å². The van der Waals surface area contributed by atoms with Crippen LogP contribution in [0.2, 0.25) is 0 Å². The molecule has 0 rings (SSSR count).